The first kappa shape index (κ1) is 15.6. The number of hydrogen-bond acceptors (Lipinski definition) is 4. The summed E-state index contributed by atoms with van der Waals surface area (Å²) >= 11 is 7.10. The fourth-order valence-electron chi connectivity index (χ4n) is 2.12. The molecule has 2 aromatic carbocycles. The lowest BCUT2D eigenvalue weighted by Crippen LogP contribution is -2.00. The van der Waals surface area contributed by atoms with Gasteiger partial charge in [0, 0.05) is 30.0 Å². The SMILES string of the molecule is O=[N+]([O-])c1cc(Cl)ccc1Sc1nccn1Cc1ccccc1. The van der Waals surface area contributed by atoms with E-state index in [2.05, 4.69) is 4.98 Å². The maximum Gasteiger partial charge on any atom is 0.284 e. The zero-order valence-corrected chi connectivity index (χ0v) is 13.5. The van der Waals surface area contributed by atoms with Crippen LogP contribution < -0.4 is 0 Å². The van der Waals surface area contributed by atoms with Crippen LogP contribution in [0.5, 0.6) is 0 Å². The normalized spacial score (nSPS) is 10.7. The van der Waals surface area contributed by atoms with Crippen molar-refractivity contribution in [2.24, 2.45) is 0 Å². The Bertz CT molecular complexity index is 836. The van der Waals surface area contributed by atoms with E-state index in [1.807, 2.05) is 41.1 Å². The molecule has 0 bridgehead atoms. The number of nitro groups is 1. The van der Waals surface area contributed by atoms with Crippen LogP contribution in [0, 0.1) is 10.1 Å². The van der Waals surface area contributed by atoms with Gasteiger partial charge in [-0.05, 0) is 29.5 Å². The Kier molecular flexibility index (Phi) is 4.64. The molecule has 3 aromatic rings. The summed E-state index contributed by atoms with van der Waals surface area (Å²) in [6.45, 7) is 0.657. The molecule has 5 nitrogen and oxygen atoms in total. The first-order valence-electron chi connectivity index (χ1n) is 6.80. The van der Waals surface area contributed by atoms with E-state index in [0.717, 1.165) is 5.56 Å². The minimum absolute atomic E-state index is 0.0169. The minimum Gasteiger partial charge on any atom is -0.321 e. The van der Waals surface area contributed by atoms with E-state index in [4.69, 9.17) is 11.6 Å². The topological polar surface area (TPSA) is 61.0 Å². The van der Waals surface area contributed by atoms with Gasteiger partial charge in [-0.25, -0.2) is 4.98 Å². The third-order valence-electron chi connectivity index (χ3n) is 3.19. The number of rotatable bonds is 5. The molecule has 0 fully saturated rings. The van der Waals surface area contributed by atoms with Crippen LogP contribution in [-0.2, 0) is 6.54 Å². The van der Waals surface area contributed by atoms with Crippen molar-refractivity contribution in [2.45, 2.75) is 16.6 Å². The molecule has 0 amide bonds. The van der Waals surface area contributed by atoms with Crippen LogP contribution in [0.3, 0.4) is 0 Å². The Morgan fingerprint density at radius 2 is 2.00 bits per heavy atom. The molecule has 0 unspecified atom stereocenters. The Balaban J connectivity index is 1.88. The number of aromatic nitrogens is 2. The van der Waals surface area contributed by atoms with Crippen LogP contribution in [0.1, 0.15) is 5.56 Å². The molecule has 0 aliphatic rings. The number of benzene rings is 2. The predicted molar refractivity (Wildman–Crippen MR) is 90.0 cm³/mol. The zero-order chi connectivity index (χ0) is 16.2. The maximum absolute atomic E-state index is 11.2. The van der Waals surface area contributed by atoms with Crippen molar-refractivity contribution in [1.29, 1.82) is 0 Å². The number of nitrogens with zero attached hydrogens (tertiary/aromatic N) is 3. The molecule has 0 radical (unpaired) electrons. The highest BCUT2D eigenvalue weighted by atomic mass is 35.5. The Morgan fingerprint density at radius 3 is 2.74 bits per heavy atom. The summed E-state index contributed by atoms with van der Waals surface area (Å²) < 4.78 is 1.96. The Labute approximate surface area is 142 Å². The van der Waals surface area contributed by atoms with Gasteiger partial charge in [0.25, 0.3) is 5.69 Å². The number of hydrogen-bond donors (Lipinski definition) is 0. The lowest BCUT2D eigenvalue weighted by molar-refractivity contribution is -0.387. The first-order valence-corrected chi connectivity index (χ1v) is 8.00. The third kappa shape index (κ3) is 3.72. The monoisotopic (exact) mass is 345 g/mol. The van der Waals surface area contributed by atoms with Crippen LogP contribution in [-0.4, -0.2) is 14.5 Å². The molecule has 0 aliphatic carbocycles. The molecule has 0 atom stereocenters. The van der Waals surface area contributed by atoms with Crippen molar-refractivity contribution < 1.29 is 4.92 Å². The summed E-state index contributed by atoms with van der Waals surface area (Å²) in [5, 5.41) is 12.2. The summed E-state index contributed by atoms with van der Waals surface area (Å²) in [4.78, 5) is 15.6. The maximum atomic E-state index is 11.2. The fraction of sp³-hybridized carbons (Fsp3) is 0.0625. The molecular formula is C16H12ClN3O2S. The van der Waals surface area contributed by atoms with E-state index in [-0.39, 0.29) is 5.69 Å². The van der Waals surface area contributed by atoms with Crippen LogP contribution in [0.15, 0.2) is 71.0 Å². The number of halogens is 1. The van der Waals surface area contributed by atoms with Crippen LogP contribution in [0.4, 0.5) is 5.69 Å². The van der Waals surface area contributed by atoms with Crippen LogP contribution in [0.2, 0.25) is 5.02 Å². The van der Waals surface area contributed by atoms with Gasteiger partial charge >= 0.3 is 0 Å². The second-order valence-corrected chi connectivity index (χ2v) is 6.24. The highest BCUT2D eigenvalue weighted by Crippen LogP contribution is 2.35. The molecule has 1 heterocycles. The summed E-state index contributed by atoms with van der Waals surface area (Å²) in [5.74, 6) is 0. The Hall–Kier alpha value is -2.31. The van der Waals surface area contributed by atoms with Gasteiger partial charge in [0.1, 0.15) is 0 Å². The molecule has 0 N–H and O–H groups in total. The number of nitro benzene ring substituents is 1. The van der Waals surface area contributed by atoms with E-state index in [0.29, 0.717) is 21.6 Å². The standard InChI is InChI=1S/C16H12ClN3O2S/c17-13-6-7-15(14(10-13)20(21)22)23-16-18-8-9-19(16)11-12-4-2-1-3-5-12/h1-10H,11H2. The van der Waals surface area contributed by atoms with Gasteiger partial charge in [-0.15, -0.1) is 0 Å². The van der Waals surface area contributed by atoms with Crippen molar-refractivity contribution in [3.8, 4) is 0 Å². The van der Waals surface area contributed by atoms with Crippen molar-refractivity contribution in [2.75, 3.05) is 0 Å². The second-order valence-electron chi connectivity index (χ2n) is 4.79. The molecular weight excluding hydrogens is 334 g/mol. The molecule has 1 aromatic heterocycles. The average molecular weight is 346 g/mol. The second kappa shape index (κ2) is 6.85. The van der Waals surface area contributed by atoms with Crippen molar-refractivity contribution >= 4 is 29.1 Å². The van der Waals surface area contributed by atoms with E-state index in [1.54, 1.807) is 18.3 Å². The molecule has 7 heteroatoms. The lowest BCUT2D eigenvalue weighted by atomic mass is 10.2. The summed E-state index contributed by atoms with van der Waals surface area (Å²) in [6, 6.07) is 14.6. The summed E-state index contributed by atoms with van der Waals surface area (Å²) in [5.41, 5.74) is 1.12. The smallest absolute Gasteiger partial charge is 0.284 e. The first-order chi connectivity index (χ1) is 11.1. The van der Waals surface area contributed by atoms with Crippen molar-refractivity contribution in [3.05, 3.63) is 81.6 Å². The zero-order valence-electron chi connectivity index (χ0n) is 11.9. The van der Waals surface area contributed by atoms with E-state index >= 15 is 0 Å². The fourth-order valence-corrected chi connectivity index (χ4v) is 3.21. The Morgan fingerprint density at radius 1 is 1.22 bits per heavy atom. The molecule has 23 heavy (non-hydrogen) atoms. The van der Waals surface area contributed by atoms with Gasteiger partial charge in [-0.2, -0.15) is 0 Å². The summed E-state index contributed by atoms with van der Waals surface area (Å²) in [6.07, 6.45) is 3.55. The molecule has 0 saturated heterocycles. The number of imidazole rings is 1. The van der Waals surface area contributed by atoms with E-state index < -0.39 is 4.92 Å². The van der Waals surface area contributed by atoms with Gasteiger partial charge in [0.2, 0.25) is 0 Å². The van der Waals surface area contributed by atoms with Gasteiger partial charge in [-0.1, -0.05) is 41.9 Å². The molecule has 116 valence electrons. The molecule has 3 rings (SSSR count). The van der Waals surface area contributed by atoms with Crippen molar-refractivity contribution in [1.82, 2.24) is 9.55 Å². The van der Waals surface area contributed by atoms with Gasteiger partial charge in [0.15, 0.2) is 5.16 Å². The van der Waals surface area contributed by atoms with Gasteiger partial charge in [-0.3, -0.25) is 10.1 Å². The molecule has 0 saturated carbocycles. The van der Waals surface area contributed by atoms with Crippen LogP contribution >= 0.6 is 23.4 Å². The minimum atomic E-state index is -0.432. The molecule has 0 aliphatic heterocycles. The van der Waals surface area contributed by atoms with Gasteiger partial charge in [0.05, 0.1) is 9.82 Å². The lowest BCUT2D eigenvalue weighted by Gasteiger charge is -2.08. The van der Waals surface area contributed by atoms with Crippen molar-refractivity contribution in [3.63, 3.8) is 0 Å². The highest BCUT2D eigenvalue weighted by Gasteiger charge is 2.17. The quantitative estimate of drug-likeness (QED) is 0.499. The highest BCUT2D eigenvalue weighted by molar-refractivity contribution is 7.99. The summed E-state index contributed by atoms with van der Waals surface area (Å²) in [7, 11) is 0. The average Bonchev–Trinajstić information content (AvgIpc) is 2.97. The van der Waals surface area contributed by atoms with E-state index in [9.17, 15) is 10.1 Å². The van der Waals surface area contributed by atoms with Gasteiger partial charge < -0.3 is 4.57 Å². The van der Waals surface area contributed by atoms with E-state index in [1.165, 1.54) is 17.8 Å². The largest absolute Gasteiger partial charge is 0.321 e. The molecule has 0 spiro atoms. The van der Waals surface area contributed by atoms with Crippen LogP contribution in [0.25, 0.3) is 0 Å². The third-order valence-corrected chi connectivity index (χ3v) is 4.51. The predicted octanol–water partition coefficient (Wildman–Crippen LogP) is 4.64.